The van der Waals surface area contributed by atoms with Crippen LogP contribution in [-0.2, 0) is 9.59 Å². The standard InChI is InChI=1S/C14H16O2/c1-13-8(15)4-5-6-3-7-9(5)12(16)14(13,2)11(7)10(6)13/h5-7,9-11H,3-4H2,1-2H3. The molecular weight excluding hydrogens is 200 g/mol. The van der Waals surface area contributed by atoms with Gasteiger partial charge in [0, 0.05) is 23.2 Å². The molecule has 0 aromatic carbocycles. The van der Waals surface area contributed by atoms with E-state index in [2.05, 4.69) is 13.8 Å². The smallest absolute Gasteiger partial charge is 0.143 e. The largest absolute Gasteiger partial charge is 0.299 e. The number of hydrogen-bond donors (Lipinski definition) is 0. The van der Waals surface area contributed by atoms with E-state index in [1.165, 1.54) is 6.42 Å². The van der Waals surface area contributed by atoms with Gasteiger partial charge in [0.05, 0.1) is 0 Å². The minimum atomic E-state index is -0.268. The van der Waals surface area contributed by atoms with Crippen LogP contribution in [0.25, 0.3) is 0 Å². The molecule has 0 N–H and O–H groups in total. The zero-order valence-electron chi connectivity index (χ0n) is 9.69. The molecule has 0 aromatic heterocycles. The molecule has 2 heteroatoms. The predicted octanol–water partition coefficient (Wildman–Crippen LogP) is 1.68. The van der Waals surface area contributed by atoms with Crippen LogP contribution in [0.3, 0.4) is 0 Å². The average Bonchev–Trinajstić information content (AvgIpc) is 2.80. The molecule has 0 radical (unpaired) electrons. The van der Waals surface area contributed by atoms with Gasteiger partial charge in [-0.05, 0) is 36.0 Å². The van der Waals surface area contributed by atoms with Crippen molar-refractivity contribution in [3.05, 3.63) is 0 Å². The van der Waals surface area contributed by atoms with Crippen LogP contribution in [0.4, 0.5) is 0 Å². The van der Waals surface area contributed by atoms with Crippen LogP contribution in [0.5, 0.6) is 0 Å². The van der Waals surface area contributed by atoms with Crippen LogP contribution in [0.15, 0.2) is 0 Å². The normalized spacial score (nSPS) is 72.6. The molecule has 16 heavy (non-hydrogen) atoms. The fraction of sp³-hybridized carbons (Fsp3) is 0.857. The lowest BCUT2D eigenvalue weighted by atomic mass is 9.35. The third-order valence-electron chi connectivity index (χ3n) is 7.55. The van der Waals surface area contributed by atoms with Crippen LogP contribution < -0.4 is 0 Å². The number of fused-ring (bicyclic) bond motifs is 2. The molecule has 2 bridgehead atoms. The first-order chi connectivity index (χ1) is 7.53. The lowest BCUT2D eigenvalue weighted by Gasteiger charge is -2.65. The number of carbonyl (C=O) groups excluding carboxylic acids is 2. The molecule has 8 unspecified atom stereocenters. The van der Waals surface area contributed by atoms with Crippen molar-refractivity contribution >= 4 is 11.6 Å². The van der Waals surface area contributed by atoms with Gasteiger partial charge in [0.25, 0.3) is 0 Å². The summed E-state index contributed by atoms with van der Waals surface area (Å²) in [5.41, 5.74) is -0.528. The first-order valence-electron chi connectivity index (χ1n) is 6.60. The van der Waals surface area contributed by atoms with Gasteiger partial charge in [0.2, 0.25) is 0 Å². The molecule has 0 aromatic rings. The van der Waals surface area contributed by atoms with Crippen LogP contribution in [0, 0.1) is 46.3 Å². The Labute approximate surface area is 94.8 Å². The van der Waals surface area contributed by atoms with E-state index < -0.39 is 0 Å². The van der Waals surface area contributed by atoms with Crippen molar-refractivity contribution < 1.29 is 9.59 Å². The molecule has 5 aliphatic carbocycles. The third-order valence-corrected chi connectivity index (χ3v) is 7.55. The summed E-state index contributed by atoms with van der Waals surface area (Å²) in [6.07, 6.45) is 1.97. The van der Waals surface area contributed by atoms with Crippen molar-refractivity contribution in [3.8, 4) is 0 Å². The molecule has 0 saturated heterocycles. The molecule has 5 aliphatic rings. The van der Waals surface area contributed by atoms with E-state index in [1.54, 1.807) is 0 Å². The molecule has 0 heterocycles. The Bertz CT molecular complexity index is 479. The first-order valence-corrected chi connectivity index (χ1v) is 6.60. The zero-order valence-corrected chi connectivity index (χ0v) is 9.69. The molecule has 5 fully saturated rings. The molecule has 0 spiro atoms. The van der Waals surface area contributed by atoms with E-state index in [-0.39, 0.29) is 16.7 Å². The van der Waals surface area contributed by atoms with Crippen LogP contribution in [0.2, 0.25) is 0 Å². The second-order valence-corrected chi connectivity index (χ2v) is 7.20. The number of rotatable bonds is 0. The minimum absolute atomic E-state index is 0.260. The van der Waals surface area contributed by atoms with Crippen molar-refractivity contribution in [3.63, 3.8) is 0 Å². The predicted molar refractivity (Wildman–Crippen MR) is 56.4 cm³/mol. The Morgan fingerprint density at radius 2 is 1.69 bits per heavy atom. The number of ketones is 2. The Morgan fingerprint density at radius 3 is 2.44 bits per heavy atom. The van der Waals surface area contributed by atoms with Gasteiger partial charge in [-0.3, -0.25) is 9.59 Å². The second kappa shape index (κ2) is 1.83. The number of hydrogen-bond acceptors (Lipinski definition) is 2. The fourth-order valence-electron chi connectivity index (χ4n) is 7.04. The van der Waals surface area contributed by atoms with Gasteiger partial charge in [0.15, 0.2) is 0 Å². The van der Waals surface area contributed by atoms with Gasteiger partial charge < -0.3 is 0 Å². The van der Waals surface area contributed by atoms with E-state index in [0.29, 0.717) is 41.7 Å². The lowest BCUT2D eigenvalue weighted by Crippen LogP contribution is -2.68. The number of carbonyl (C=O) groups is 2. The van der Waals surface area contributed by atoms with Crippen molar-refractivity contribution in [2.75, 3.05) is 0 Å². The van der Waals surface area contributed by atoms with Crippen molar-refractivity contribution in [1.29, 1.82) is 0 Å². The molecule has 84 valence electrons. The SMILES string of the molecule is CC12C(=O)CC3C4CC5C3C(=O)C1(C)C5C42. The summed E-state index contributed by atoms with van der Waals surface area (Å²) in [6, 6.07) is 0. The summed E-state index contributed by atoms with van der Waals surface area (Å²) in [5.74, 6) is 4.16. The van der Waals surface area contributed by atoms with Gasteiger partial charge in [-0.25, -0.2) is 0 Å². The van der Waals surface area contributed by atoms with E-state index in [4.69, 9.17) is 0 Å². The summed E-state index contributed by atoms with van der Waals surface area (Å²) >= 11 is 0. The molecule has 5 rings (SSSR count). The first kappa shape index (κ1) is 8.43. The monoisotopic (exact) mass is 216 g/mol. The number of Topliss-reactive ketones (excluding diaryl/α,β-unsaturated/α-hetero) is 2. The summed E-state index contributed by atoms with van der Waals surface area (Å²) < 4.78 is 0. The summed E-state index contributed by atoms with van der Waals surface area (Å²) in [4.78, 5) is 25.0. The third kappa shape index (κ3) is 0.435. The van der Waals surface area contributed by atoms with Crippen LogP contribution in [-0.4, -0.2) is 11.6 Å². The molecule has 8 atom stereocenters. The molecule has 0 aliphatic heterocycles. The maximum Gasteiger partial charge on any atom is 0.143 e. The maximum atomic E-state index is 12.6. The van der Waals surface area contributed by atoms with Gasteiger partial charge in [0.1, 0.15) is 11.6 Å². The van der Waals surface area contributed by atoms with Crippen molar-refractivity contribution in [1.82, 2.24) is 0 Å². The topological polar surface area (TPSA) is 34.1 Å². The van der Waals surface area contributed by atoms with E-state index in [0.717, 1.165) is 5.92 Å². The quantitative estimate of drug-likeness (QED) is 0.617. The highest BCUT2D eigenvalue weighted by Gasteiger charge is 2.89. The Morgan fingerprint density at radius 1 is 1.00 bits per heavy atom. The summed E-state index contributed by atoms with van der Waals surface area (Å²) in [7, 11) is 0. The minimum Gasteiger partial charge on any atom is -0.299 e. The van der Waals surface area contributed by atoms with Gasteiger partial charge in [-0.1, -0.05) is 13.8 Å². The highest BCUT2D eigenvalue weighted by Crippen LogP contribution is 2.86. The highest BCUT2D eigenvalue weighted by atomic mass is 16.1. The van der Waals surface area contributed by atoms with Crippen LogP contribution in [0.1, 0.15) is 26.7 Å². The second-order valence-electron chi connectivity index (χ2n) is 7.20. The average molecular weight is 216 g/mol. The Hall–Kier alpha value is -0.660. The molecular formula is C14H16O2. The fourth-order valence-corrected chi connectivity index (χ4v) is 7.04. The lowest BCUT2D eigenvalue weighted by molar-refractivity contribution is -0.204. The van der Waals surface area contributed by atoms with Crippen molar-refractivity contribution in [2.24, 2.45) is 46.3 Å². The molecule has 2 nitrogen and oxygen atoms in total. The molecule has 0 amide bonds. The summed E-state index contributed by atoms with van der Waals surface area (Å²) in [6.45, 7) is 4.21. The van der Waals surface area contributed by atoms with E-state index in [1.807, 2.05) is 0 Å². The Kier molecular flexibility index (Phi) is 0.965. The maximum absolute atomic E-state index is 12.6. The van der Waals surface area contributed by atoms with Crippen LogP contribution >= 0.6 is 0 Å². The highest BCUT2D eigenvalue weighted by molar-refractivity contribution is 6.04. The van der Waals surface area contributed by atoms with E-state index >= 15 is 0 Å². The van der Waals surface area contributed by atoms with Crippen molar-refractivity contribution in [2.45, 2.75) is 26.7 Å². The molecule has 5 saturated carbocycles. The van der Waals surface area contributed by atoms with Gasteiger partial charge >= 0.3 is 0 Å². The summed E-state index contributed by atoms with van der Waals surface area (Å²) in [5, 5.41) is 0. The zero-order chi connectivity index (χ0) is 11.0. The van der Waals surface area contributed by atoms with E-state index in [9.17, 15) is 9.59 Å². The van der Waals surface area contributed by atoms with Gasteiger partial charge in [-0.15, -0.1) is 0 Å². The Balaban J connectivity index is 1.90. The van der Waals surface area contributed by atoms with Gasteiger partial charge in [-0.2, -0.15) is 0 Å².